The molecule has 1 aromatic heterocycles. The molecule has 0 amide bonds. The molecular weight excluding hydrogens is 250 g/mol. The molecule has 0 bridgehead atoms. The summed E-state index contributed by atoms with van der Waals surface area (Å²) in [7, 11) is 0. The van der Waals surface area contributed by atoms with Crippen LogP contribution in [0.1, 0.15) is 12.5 Å². The number of hydrogen-bond donors (Lipinski definition) is 0. The van der Waals surface area contributed by atoms with Crippen molar-refractivity contribution in [1.82, 2.24) is 9.88 Å². The zero-order valence-corrected chi connectivity index (χ0v) is 10.8. The van der Waals surface area contributed by atoms with Crippen LogP contribution in [-0.4, -0.2) is 48.5 Å². The fraction of sp³-hybridized carbons (Fsp3) is 0.538. The number of aromatic nitrogens is 1. The first kappa shape index (κ1) is 13.7. The molecule has 4 nitrogen and oxygen atoms in total. The van der Waals surface area contributed by atoms with Crippen LogP contribution in [0.2, 0.25) is 0 Å². The second kappa shape index (κ2) is 5.49. The molecule has 102 valence electrons. The van der Waals surface area contributed by atoms with Crippen LogP contribution in [0, 0.1) is 11.3 Å². The molecule has 1 aliphatic rings. The third-order valence-electron chi connectivity index (χ3n) is 3.08. The van der Waals surface area contributed by atoms with Crippen molar-refractivity contribution in [2.75, 3.05) is 37.6 Å². The van der Waals surface area contributed by atoms with Crippen LogP contribution >= 0.6 is 0 Å². The normalized spacial score (nSPS) is 17.3. The predicted molar refractivity (Wildman–Crippen MR) is 68.2 cm³/mol. The molecule has 0 spiro atoms. The summed E-state index contributed by atoms with van der Waals surface area (Å²) < 4.78 is 25.9. The summed E-state index contributed by atoms with van der Waals surface area (Å²) in [4.78, 5) is 7.93. The van der Waals surface area contributed by atoms with E-state index in [4.69, 9.17) is 5.26 Å². The molecule has 1 aliphatic heterocycles. The first-order chi connectivity index (χ1) is 8.99. The first-order valence-corrected chi connectivity index (χ1v) is 6.20. The molecule has 0 unspecified atom stereocenters. The molecule has 1 saturated heterocycles. The summed E-state index contributed by atoms with van der Waals surface area (Å²) in [5.41, 5.74) is 0.525. The van der Waals surface area contributed by atoms with Crippen molar-refractivity contribution in [1.29, 1.82) is 5.26 Å². The van der Waals surface area contributed by atoms with E-state index in [2.05, 4.69) is 11.1 Å². The Balaban J connectivity index is 1.99. The Morgan fingerprint density at radius 1 is 1.37 bits per heavy atom. The second-order valence-corrected chi connectivity index (χ2v) is 4.82. The molecule has 0 aliphatic carbocycles. The molecule has 0 atom stereocenters. The number of pyridine rings is 1. The van der Waals surface area contributed by atoms with Gasteiger partial charge < -0.3 is 4.90 Å². The van der Waals surface area contributed by atoms with Gasteiger partial charge in [-0.05, 0) is 12.1 Å². The van der Waals surface area contributed by atoms with Crippen molar-refractivity contribution >= 4 is 5.82 Å². The van der Waals surface area contributed by atoms with Gasteiger partial charge in [0.05, 0.1) is 12.1 Å². The van der Waals surface area contributed by atoms with Crippen LogP contribution in [0.4, 0.5) is 14.6 Å². The number of alkyl halides is 2. The highest BCUT2D eigenvalue weighted by molar-refractivity contribution is 5.53. The van der Waals surface area contributed by atoms with Gasteiger partial charge in [-0.2, -0.15) is 5.26 Å². The lowest BCUT2D eigenvalue weighted by Crippen LogP contribution is -2.49. The SMILES string of the molecule is CC(F)(F)CN1CCN(c2ncccc2C#N)CC1. The van der Waals surface area contributed by atoms with E-state index in [1.165, 1.54) is 0 Å². The number of piperazine rings is 1. The van der Waals surface area contributed by atoms with Gasteiger partial charge in [-0.3, -0.25) is 4.90 Å². The van der Waals surface area contributed by atoms with Crippen LogP contribution in [0.5, 0.6) is 0 Å². The molecule has 0 radical (unpaired) electrons. The quantitative estimate of drug-likeness (QED) is 0.835. The number of nitrogens with zero attached hydrogens (tertiary/aromatic N) is 4. The fourth-order valence-corrected chi connectivity index (χ4v) is 2.25. The van der Waals surface area contributed by atoms with E-state index in [1.54, 1.807) is 23.2 Å². The van der Waals surface area contributed by atoms with Crippen molar-refractivity contribution in [2.45, 2.75) is 12.8 Å². The Bertz CT molecular complexity index is 470. The molecule has 2 heterocycles. The van der Waals surface area contributed by atoms with Crippen LogP contribution in [0.25, 0.3) is 0 Å². The van der Waals surface area contributed by atoms with Gasteiger partial charge in [0.15, 0.2) is 0 Å². The molecular formula is C13H16F2N4. The Morgan fingerprint density at radius 3 is 2.63 bits per heavy atom. The number of rotatable bonds is 3. The third-order valence-corrected chi connectivity index (χ3v) is 3.08. The van der Waals surface area contributed by atoms with Crippen molar-refractivity contribution in [3.63, 3.8) is 0 Å². The lowest BCUT2D eigenvalue weighted by molar-refractivity contribution is -0.0155. The van der Waals surface area contributed by atoms with Crippen molar-refractivity contribution in [3.8, 4) is 6.07 Å². The van der Waals surface area contributed by atoms with E-state index in [-0.39, 0.29) is 6.54 Å². The van der Waals surface area contributed by atoms with Crippen LogP contribution in [0.15, 0.2) is 18.3 Å². The Hall–Kier alpha value is -1.74. The zero-order chi connectivity index (χ0) is 13.9. The second-order valence-electron chi connectivity index (χ2n) is 4.82. The molecule has 1 aromatic rings. The zero-order valence-electron chi connectivity index (χ0n) is 10.8. The van der Waals surface area contributed by atoms with Crippen molar-refractivity contribution in [2.24, 2.45) is 0 Å². The van der Waals surface area contributed by atoms with Gasteiger partial charge in [-0.15, -0.1) is 0 Å². The largest absolute Gasteiger partial charge is 0.353 e. The average Bonchev–Trinajstić information content (AvgIpc) is 2.38. The predicted octanol–water partition coefficient (Wildman–Crippen LogP) is 1.73. The maximum atomic E-state index is 12.9. The average molecular weight is 266 g/mol. The molecule has 0 aromatic carbocycles. The Labute approximate surface area is 111 Å². The molecule has 2 rings (SSSR count). The third kappa shape index (κ3) is 3.61. The number of nitriles is 1. The first-order valence-electron chi connectivity index (χ1n) is 6.20. The van der Waals surface area contributed by atoms with Gasteiger partial charge >= 0.3 is 0 Å². The standard InChI is InChI=1S/C13H16F2N4/c1-13(14,15)10-18-5-7-19(8-6-18)12-11(9-16)3-2-4-17-12/h2-4H,5-8,10H2,1H3. The summed E-state index contributed by atoms with van der Waals surface area (Å²) in [6.07, 6.45) is 1.64. The van der Waals surface area contributed by atoms with Crippen LogP contribution in [0.3, 0.4) is 0 Å². The Morgan fingerprint density at radius 2 is 2.05 bits per heavy atom. The van der Waals surface area contributed by atoms with Gasteiger partial charge in [0.25, 0.3) is 5.92 Å². The monoisotopic (exact) mass is 266 g/mol. The molecule has 19 heavy (non-hydrogen) atoms. The fourth-order valence-electron chi connectivity index (χ4n) is 2.25. The van der Waals surface area contributed by atoms with Gasteiger partial charge in [-0.1, -0.05) is 0 Å². The number of hydrogen-bond acceptors (Lipinski definition) is 4. The van der Waals surface area contributed by atoms with E-state index in [1.807, 2.05) is 4.90 Å². The summed E-state index contributed by atoms with van der Waals surface area (Å²) >= 11 is 0. The summed E-state index contributed by atoms with van der Waals surface area (Å²) in [5, 5.41) is 9.03. The summed E-state index contributed by atoms with van der Waals surface area (Å²) in [5.74, 6) is -2.02. The van der Waals surface area contributed by atoms with Crippen LogP contribution in [-0.2, 0) is 0 Å². The maximum absolute atomic E-state index is 12.9. The number of halogens is 2. The summed E-state index contributed by atoms with van der Waals surface area (Å²) in [6.45, 7) is 3.07. The Kier molecular flexibility index (Phi) is 3.96. The lowest BCUT2D eigenvalue weighted by Gasteiger charge is -2.36. The summed E-state index contributed by atoms with van der Waals surface area (Å²) in [6, 6.07) is 5.54. The van der Waals surface area contributed by atoms with Crippen LogP contribution < -0.4 is 4.90 Å². The van der Waals surface area contributed by atoms with E-state index < -0.39 is 5.92 Å². The van der Waals surface area contributed by atoms with Crippen molar-refractivity contribution in [3.05, 3.63) is 23.9 Å². The van der Waals surface area contributed by atoms with E-state index in [0.29, 0.717) is 37.6 Å². The highest BCUT2D eigenvalue weighted by atomic mass is 19.3. The topological polar surface area (TPSA) is 43.2 Å². The van der Waals surface area contributed by atoms with Gasteiger partial charge in [0.1, 0.15) is 11.9 Å². The van der Waals surface area contributed by atoms with E-state index in [0.717, 1.165) is 6.92 Å². The highest BCUT2D eigenvalue weighted by Gasteiger charge is 2.28. The molecule has 6 heteroatoms. The molecule has 1 fully saturated rings. The van der Waals surface area contributed by atoms with Crippen molar-refractivity contribution < 1.29 is 8.78 Å². The van der Waals surface area contributed by atoms with E-state index in [9.17, 15) is 8.78 Å². The van der Waals surface area contributed by atoms with Gasteiger partial charge in [0.2, 0.25) is 0 Å². The van der Waals surface area contributed by atoms with E-state index >= 15 is 0 Å². The van der Waals surface area contributed by atoms with Gasteiger partial charge in [0, 0.05) is 39.3 Å². The highest BCUT2D eigenvalue weighted by Crippen LogP contribution is 2.20. The lowest BCUT2D eigenvalue weighted by atomic mass is 10.2. The molecule has 0 N–H and O–H groups in total. The maximum Gasteiger partial charge on any atom is 0.257 e. The smallest absolute Gasteiger partial charge is 0.257 e. The number of anilines is 1. The minimum Gasteiger partial charge on any atom is -0.353 e. The minimum absolute atomic E-state index is 0.214. The molecule has 0 saturated carbocycles. The van der Waals surface area contributed by atoms with Gasteiger partial charge in [-0.25, -0.2) is 13.8 Å². The minimum atomic E-state index is -2.66.